The van der Waals surface area contributed by atoms with Gasteiger partial charge in [-0.3, -0.25) is 0 Å². The van der Waals surface area contributed by atoms with E-state index in [4.69, 9.17) is 9.47 Å². The minimum absolute atomic E-state index is 0.0000658. The summed E-state index contributed by atoms with van der Waals surface area (Å²) in [6.07, 6.45) is 3.38. The molecule has 5 heteroatoms. The van der Waals surface area contributed by atoms with Gasteiger partial charge in [-0.1, -0.05) is 0 Å². The molecule has 1 aliphatic rings. The van der Waals surface area contributed by atoms with E-state index < -0.39 is 0 Å². The van der Waals surface area contributed by atoms with Crippen molar-refractivity contribution in [3.63, 3.8) is 0 Å². The topological polar surface area (TPSA) is 50.8 Å². The largest absolute Gasteiger partial charge is 0.497 e. The zero-order chi connectivity index (χ0) is 15.2. The van der Waals surface area contributed by atoms with E-state index in [-0.39, 0.29) is 6.03 Å². The fourth-order valence-corrected chi connectivity index (χ4v) is 2.67. The summed E-state index contributed by atoms with van der Waals surface area (Å²) < 4.78 is 10.5. The number of hydrogen-bond acceptors (Lipinski definition) is 3. The van der Waals surface area contributed by atoms with E-state index in [0.29, 0.717) is 12.6 Å². The Balaban J connectivity index is 1.97. The highest BCUT2D eigenvalue weighted by atomic mass is 16.5. The van der Waals surface area contributed by atoms with Crippen LogP contribution in [0.5, 0.6) is 11.5 Å². The average Bonchev–Trinajstić information content (AvgIpc) is 2.52. The molecule has 1 N–H and O–H groups in total. The number of ether oxygens (including phenoxy) is 2. The molecule has 1 unspecified atom stereocenters. The molecule has 21 heavy (non-hydrogen) atoms. The number of nitrogens with zero attached hydrogens (tertiary/aromatic N) is 1. The zero-order valence-electron chi connectivity index (χ0n) is 13.0. The van der Waals surface area contributed by atoms with Crippen molar-refractivity contribution in [3.8, 4) is 11.5 Å². The highest BCUT2D eigenvalue weighted by Gasteiger charge is 2.22. The minimum Gasteiger partial charge on any atom is -0.497 e. The lowest BCUT2D eigenvalue weighted by molar-refractivity contribution is 0.157. The summed E-state index contributed by atoms with van der Waals surface area (Å²) in [4.78, 5) is 14.2. The number of amides is 2. The number of urea groups is 1. The molecule has 1 heterocycles. The molecule has 0 aromatic heterocycles. The molecule has 1 saturated heterocycles. The van der Waals surface area contributed by atoms with Crippen molar-refractivity contribution >= 4 is 6.03 Å². The van der Waals surface area contributed by atoms with Gasteiger partial charge in [-0.2, -0.15) is 0 Å². The normalized spacial score (nSPS) is 18.2. The van der Waals surface area contributed by atoms with Crippen LogP contribution in [0.1, 0.15) is 31.7 Å². The summed E-state index contributed by atoms with van der Waals surface area (Å²) in [7, 11) is 3.24. The third-order valence-electron chi connectivity index (χ3n) is 3.99. The van der Waals surface area contributed by atoms with Crippen LogP contribution in [-0.2, 0) is 6.54 Å². The Bertz CT molecular complexity index is 490. The van der Waals surface area contributed by atoms with Crippen LogP contribution in [0, 0.1) is 0 Å². The van der Waals surface area contributed by atoms with Crippen LogP contribution in [0.2, 0.25) is 0 Å². The van der Waals surface area contributed by atoms with Crippen molar-refractivity contribution in [2.75, 3.05) is 20.8 Å². The second kappa shape index (κ2) is 7.20. The van der Waals surface area contributed by atoms with Gasteiger partial charge in [0, 0.05) is 30.8 Å². The Morgan fingerprint density at radius 1 is 1.33 bits per heavy atom. The molecule has 0 aliphatic carbocycles. The minimum atomic E-state index is 0.0000658. The molecule has 2 amide bonds. The van der Waals surface area contributed by atoms with E-state index in [0.717, 1.165) is 36.4 Å². The van der Waals surface area contributed by atoms with Gasteiger partial charge in [-0.25, -0.2) is 4.79 Å². The maximum atomic E-state index is 12.3. The van der Waals surface area contributed by atoms with Crippen molar-refractivity contribution in [2.24, 2.45) is 0 Å². The van der Waals surface area contributed by atoms with Gasteiger partial charge in [0.25, 0.3) is 0 Å². The van der Waals surface area contributed by atoms with Crippen molar-refractivity contribution in [2.45, 2.75) is 38.8 Å². The lowest BCUT2D eigenvalue weighted by Crippen LogP contribution is -2.47. The molecule has 0 saturated carbocycles. The van der Waals surface area contributed by atoms with Gasteiger partial charge in [0.05, 0.1) is 14.2 Å². The maximum absolute atomic E-state index is 12.3. The van der Waals surface area contributed by atoms with Gasteiger partial charge < -0.3 is 19.7 Å². The Kier molecular flexibility index (Phi) is 5.31. The third-order valence-corrected chi connectivity index (χ3v) is 3.99. The van der Waals surface area contributed by atoms with Crippen LogP contribution in [0.4, 0.5) is 4.79 Å². The lowest BCUT2D eigenvalue weighted by Gasteiger charge is -2.33. The van der Waals surface area contributed by atoms with E-state index in [1.807, 2.05) is 23.1 Å². The van der Waals surface area contributed by atoms with Crippen molar-refractivity contribution < 1.29 is 14.3 Å². The first-order valence-corrected chi connectivity index (χ1v) is 7.41. The van der Waals surface area contributed by atoms with Crippen LogP contribution in [0.3, 0.4) is 0 Å². The van der Waals surface area contributed by atoms with Gasteiger partial charge in [0.2, 0.25) is 0 Å². The van der Waals surface area contributed by atoms with E-state index in [2.05, 4.69) is 12.2 Å². The number of benzene rings is 1. The SMILES string of the molecule is COc1ccc(CNC(=O)N2CCCCC2C)c(OC)c1. The summed E-state index contributed by atoms with van der Waals surface area (Å²) in [6, 6.07) is 5.92. The average molecular weight is 292 g/mol. The number of hydrogen-bond donors (Lipinski definition) is 1. The number of methoxy groups -OCH3 is 2. The van der Waals surface area contributed by atoms with Crippen LogP contribution in [-0.4, -0.2) is 37.7 Å². The highest BCUT2D eigenvalue weighted by molar-refractivity contribution is 5.74. The number of rotatable bonds is 4. The Labute approximate surface area is 126 Å². The predicted molar refractivity (Wildman–Crippen MR) is 81.8 cm³/mol. The Morgan fingerprint density at radius 2 is 2.14 bits per heavy atom. The van der Waals surface area contributed by atoms with Crippen molar-refractivity contribution in [1.82, 2.24) is 10.2 Å². The Hall–Kier alpha value is -1.91. The molecule has 0 spiro atoms. The molecule has 116 valence electrons. The number of likely N-dealkylation sites (tertiary alicyclic amines) is 1. The first kappa shape index (κ1) is 15.5. The van der Waals surface area contributed by atoms with Crippen LogP contribution >= 0.6 is 0 Å². The molecule has 2 rings (SSSR count). The second-order valence-electron chi connectivity index (χ2n) is 5.37. The van der Waals surface area contributed by atoms with E-state index in [9.17, 15) is 4.79 Å². The monoisotopic (exact) mass is 292 g/mol. The quantitative estimate of drug-likeness (QED) is 0.928. The van der Waals surface area contributed by atoms with E-state index in [1.165, 1.54) is 6.42 Å². The Morgan fingerprint density at radius 3 is 2.81 bits per heavy atom. The predicted octanol–water partition coefficient (Wildman–Crippen LogP) is 2.79. The number of nitrogens with one attached hydrogen (secondary N) is 1. The molecular weight excluding hydrogens is 268 g/mol. The van der Waals surface area contributed by atoms with Gasteiger partial charge in [-0.15, -0.1) is 0 Å². The van der Waals surface area contributed by atoms with Gasteiger partial charge in [-0.05, 0) is 38.3 Å². The standard InChI is InChI=1S/C16H24N2O3/c1-12-6-4-5-9-18(12)16(19)17-11-13-7-8-14(20-2)10-15(13)21-3/h7-8,10,12H,4-6,9,11H2,1-3H3,(H,17,19). The molecule has 0 radical (unpaired) electrons. The summed E-state index contributed by atoms with van der Waals surface area (Å²) in [5, 5.41) is 2.98. The van der Waals surface area contributed by atoms with Crippen LogP contribution < -0.4 is 14.8 Å². The number of piperidine rings is 1. The van der Waals surface area contributed by atoms with E-state index >= 15 is 0 Å². The molecule has 0 bridgehead atoms. The lowest BCUT2D eigenvalue weighted by atomic mass is 10.0. The molecule has 5 nitrogen and oxygen atoms in total. The molecular formula is C16H24N2O3. The van der Waals surface area contributed by atoms with Gasteiger partial charge in [0.15, 0.2) is 0 Å². The fraction of sp³-hybridized carbons (Fsp3) is 0.562. The fourth-order valence-electron chi connectivity index (χ4n) is 2.67. The van der Waals surface area contributed by atoms with Crippen LogP contribution in [0.15, 0.2) is 18.2 Å². The molecule has 1 fully saturated rings. The van der Waals surface area contributed by atoms with Crippen molar-refractivity contribution in [1.29, 1.82) is 0 Å². The highest BCUT2D eigenvalue weighted by Crippen LogP contribution is 2.24. The maximum Gasteiger partial charge on any atom is 0.317 e. The van der Waals surface area contributed by atoms with Gasteiger partial charge in [0.1, 0.15) is 11.5 Å². The smallest absolute Gasteiger partial charge is 0.317 e. The third kappa shape index (κ3) is 3.80. The number of carbonyl (C=O) groups is 1. The molecule has 1 aliphatic heterocycles. The molecule has 1 atom stereocenters. The van der Waals surface area contributed by atoms with Crippen molar-refractivity contribution in [3.05, 3.63) is 23.8 Å². The van der Waals surface area contributed by atoms with Crippen LogP contribution in [0.25, 0.3) is 0 Å². The first-order valence-electron chi connectivity index (χ1n) is 7.41. The second-order valence-corrected chi connectivity index (χ2v) is 5.37. The first-order chi connectivity index (χ1) is 10.2. The summed E-state index contributed by atoms with van der Waals surface area (Å²) in [5.41, 5.74) is 0.941. The van der Waals surface area contributed by atoms with Gasteiger partial charge >= 0.3 is 6.03 Å². The number of carbonyl (C=O) groups excluding carboxylic acids is 1. The molecule has 1 aromatic rings. The summed E-state index contributed by atoms with van der Waals surface area (Å²) in [5.74, 6) is 1.47. The summed E-state index contributed by atoms with van der Waals surface area (Å²) in [6.45, 7) is 3.40. The summed E-state index contributed by atoms with van der Waals surface area (Å²) >= 11 is 0. The molecule has 1 aromatic carbocycles. The van der Waals surface area contributed by atoms with E-state index in [1.54, 1.807) is 14.2 Å². The zero-order valence-corrected chi connectivity index (χ0v) is 13.0.